The molecule has 0 aliphatic carbocycles. The molecular formula is C14H25NO5. The topological polar surface area (TPSA) is 65.1 Å². The smallest absolute Gasteiger partial charge is 0.332 e. The van der Waals surface area contributed by atoms with Crippen LogP contribution in [0.4, 0.5) is 0 Å². The van der Waals surface area contributed by atoms with Crippen molar-refractivity contribution in [2.75, 3.05) is 19.7 Å². The number of ether oxygens (including phenoxy) is 2. The molecule has 0 spiro atoms. The van der Waals surface area contributed by atoms with E-state index in [0.717, 1.165) is 12.8 Å². The van der Waals surface area contributed by atoms with Crippen molar-refractivity contribution in [2.24, 2.45) is 0 Å². The van der Waals surface area contributed by atoms with Gasteiger partial charge in [-0.05, 0) is 33.6 Å². The van der Waals surface area contributed by atoms with E-state index < -0.39 is 5.60 Å². The van der Waals surface area contributed by atoms with Crippen LogP contribution in [-0.4, -0.2) is 48.4 Å². The van der Waals surface area contributed by atoms with Gasteiger partial charge >= 0.3 is 11.9 Å². The predicted octanol–water partition coefficient (Wildman–Crippen LogP) is 1.68. The first kappa shape index (κ1) is 16.9. The zero-order chi connectivity index (χ0) is 15.2. The van der Waals surface area contributed by atoms with Crippen LogP contribution in [0.2, 0.25) is 0 Å². The summed E-state index contributed by atoms with van der Waals surface area (Å²) in [6.45, 7) is 8.47. The van der Waals surface area contributed by atoms with Gasteiger partial charge in [-0.1, -0.05) is 6.92 Å². The maximum absolute atomic E-state index is 11.5. The fourth-order valence-corrected chi connectivity index (χ4v) is 1.86. The number of esters is 1. The molecule has 116 valence electrons. The molecule has 0 unspecified atom stereocenters. The third kappa shape index (κ3) is 6.86. The quantitative estimate of drug-likeness (QED) is 0.717. The van der Waals surface area contributed by atoms with E-state index in [0.29, 0.717) is 19.5 Å². The monoisotopic (exact) mass is 287 g/mol. The molecule has 6 nitrogen and oxygen atoms in total. The van der Waals surface area contributed by atoms with Crippen LogP contribution in [0.3, 0.4) is 0 Å². The highest BCUT2D eigenvalue weighted by atomic mass is 16.7. The highest BCUT2D eigenvalue weighted by Crippen LogP contribution is 2.15. The average molecular weight is 287 g/mol. The second-order valence-electron chi connectivity index (χ2n) is 5.84. The molecule has 0 N–H and O–H groups in total. The van der Waals surface area contributed by atoms with Gasteiger partial charge in [-0.15, -0.1) is 5.06 Å². The largest absolute Gasteiger partial charge is 0.458 e. The average Bonchev–Trinajstić information content (AvgIpc) is 2.36. The van der Waals surface area contributed by atoms with E-state index in [9.17, 15) is 9.59 Å². The minimum Gasteiger partial charge on any atom is -0.458 e. The van der Waals surface area contributed by atoms with E-state index in [1.54, 1.807) is 12.0 Å². The van der Waals surface area contributed by atoms with Crippen LogP contribution in [-0.2, 0) is 23.9 Å². The van der Waals surface area contributed by atoms with Crippen LogP contribution in [0.15, 0.2) is 0 Å². The summed E-state index contributed by atoms with van der Waals surface area (Å²) < 4.78 is 10.7. The molecule has 1 fully saturated rings. The van der Waals surface area contributed by atoms with Gasteiger partial charge in [0.25, 0.3) is 0 Å². The van der Waals surface area contributed by atoms with E-state index in [1.807, 2.05) is 20.8 Å². The summed E-state index contributed by atoms with van der Waals surface area (Å²) in [6, 6.07) is 0. The molecule has 1 saturated heterocycles. The van der Waals surface area contributed by atoms with E-state index in [4.69, 9.17) is 14.3 Å². The second kappa shape index (κ2) is 7.59. The number of piperidine rings is 1. The highest BCUT2D eigenvalue weighted by Gasteiger charge is 2.24. The molecule has 1 heterocycles. The number of hydroxylamine groups is 2. The molecule has 0 saturated carbocycles. The van der Waals surface area contributed by atoms with Crippen molar-refractivity contribution in [3.8, 4) is 0 Å². The fraction of sp³-hybridized carbons (Fsp3) is 0.857. The summed E-state index contributed by atoms with van der Waals surface area (Å²) >= 11 is 0. The van der Waals surface area contributed by atoms with Gasteiger partial charge in [0.2, 0.25) is 0 Å². The summed E-state index contributed by atoms with van der Waals surface area (Å²) in [6.07, 6.45) is 1.85. The van der Waals surface area contributed by atoms with Crippen LogP contribution in [0.25, 0.3) is 0 Å². The first-order valence-corrected chi connectivity index (χ1v) is 7.09. The Bertz CT molecular complexity index is 329. The summed E-state index contributed by atoms with van der Waals surface area (Å²) in [5.41, 5.74) is -0.488. The Kier molecular flexibility index (Phi) is 6.42. The molecule has 0 atom stereocenters. The van der Waals surface area contributed by atoms with Gasteiger partial charge < -0.3 is 14.3 Å². The lowest BCUT2D eigenvalue weighted by atomic mass is 10.1. The number of hydrogen-bond acceptors (Lipinski definition) is 6. The van der Waals surface area contributed by atoms with E-state index >= 15 is 0 Å². The predicted molar refractivity (Wildman–Crippen MR) is 72.8 cm³/mol. The molecule has 20 heavy (non-hydrogen) atoms. The van der Waals surface area contributed by atoms with Gasteiger partial charge in [0.05, 0.1) is 6.10 Å². The van der Waals surface area contributed by atoms with Crippen molar-refractivity contribution < 1.29 is 23.9 Å². The summed E-state index contributed by atoms with van der Waals surface area (Å²) in [7, 11) is 0. The molecule has 0 amide bonds. The maximum atomic E-state index is 11.5. The zero-order valence-corrected chi connectivity index (χ0v) is 12.8. The molecule has 0 bridgehead atoms. The van der Waals surface area contributed by atoms with E-state index in [2.05, 4.69) is 0 Å². The summed E-state index contributed by atoms with van der Waals surface area (Å²) in [5.74, 6) is -0.574. The molecule has 1 aliphatic heterocycles. The Labute approximate surface area is 120 Å². The van der Waals surface area contributed by atoms with Crippen LogP contribution >= 0.6 is 0 Å². The molecule has 6 heteroatoms. The van der Waals surface area contributed by atoms with Gasteiger partial charge in [-0.3, -0.25) is 4.79 Å². The highest BCUT2D eigenvalue weighted by molar-refractivity contribution is 5.71. The minimum absolute atomic E-state index is 0.0131. The number of hydrogen-bond donors (Lipinski definition) is 0. The first-order chi connectivity index (χ1) is 9.30. The summed E-state index contributed by atoms with van der Waals surface area (Å²) in [5, 5.41) is 1.65. The Morgan fingerprint density at radius 2 is 1.75 bits per heavy atom. The lowest BCUT2D eigenvalue weighted by Gasteiger charge is -2.30. The Morgan fingerprint density at radius 1 is 1.15 bits per heavy atom. The van der Waals surface area contributed by atoms with Crippen molar-refractivity contribution in [1.82, 2.24) is 5.06 Å². The molecule has 0 aromatic rings. The number of carbonyl (C=O) groups is 2. The standard InChI is InChI=1S/C14H25NO5/c1-5-12(16)20-15-8-6-11(7-9-15)18-10-13(17)19-14(2,3)4/h11H,5-10H2,1-4H3. The van der Waals surface area contributed by atoms with Crippen molar-refractivity contribution in [2.45, 2.75) is 58.7 Å². The third-order valence-corrected chi connectivity index (χ3v) is 2.78. The normalized spacial score (nSPS) is 17.8. The third-order valence-electron chi connectivity index (χ3n) is 2.78. The van der Waals surface area contributed by atoms with Crippen molar-refractivity contribution >= 4 is 11.9 Å². The van der Waals surface area contributed by atoms with E-state index in [-0.39, 0.29) is 24.6 Å². The number of carbonyl (C=O) groups excluding carboxylic acids is 2. The van der Waals surface area contributed by atoms with Crippen LogP contribution in [0.1, 0.15) is 47.0 Å². The van der Waals surface area contributed by atoms with Gasteiger partial charge in [0, 0.05) is 19.5 Å². The van der Waals surface area contributed by atoms with Crippen molar-refractivity contribution in [1.29, 1.82) is 0 Å². The molecule has 0 radical (unpaired) electrons. The summed E-state index contributed by atoms with van der Waals surface area (Å²) in [4.78, 5) is 27.8. The molecule has 0 aromatic heterocycles. The van der Waals surface area contributed by atoms with Gasteiger partial charge in [0.1, 0.15) is 12.2 Å². The lowest BCUT2D eigenvalue weighted by Crippen LogP contribution is -2.39. The fourth-order valence-electron chi connectivity index (χ4n) is 1.86. The Balaban J connectivity index is 2.19. The van der Waals surface area contributed by atoms with E-state index in [1.165, 1.54) is 0 Å². The van der Waals surface area contributed by atoms with Crippen molar-refractivity contribution in [3.05, 3.63) is 0 Å². The van der Waals surface area contributed by atoms with Gasteiger partial charge in [0.15, 0.2) is 0 Å². The SMILES string of the molecule is CCC(=O)ON1CCC(OCC(=O)OC(C)(C)C)CC1. The second-order valence-corrected chi connectivity index (χ2v) is 5.84. The van der Waals surface area contributed by atoms with Crippen molar-refractivity contribution in [3.63, 3.8) is 0 Å². The molecule has 1 aliphatic rings. The molecule has 1 rings (SSSR count). The number of nitrogens with zero attached hydrogens (tertiary/aromatic N) is 1. The lowest BCUT2D eigenvalue weighted by molar-refractivity contribution is -0.200. The molecule has 0 aromatic carbocycles. The van der Waals surface area contributed by atoms with Gasteiger partial charge in [-0.25, -0.2) is 4.79 Å². The first-order valence-electron chi connectivity index (χ1n) is 7.09. The Morgan fingerprint density at radius 3 is 2.25 bits per heavy atom. The molecular weight excluding hydrogens is 262 g/mol. The van der Waals surface area contributed by atoms with Crippen LogP contribution in [0, 0.1) is 0 Å². The number of rotatable bonds is 5. The minimum atomic E-state index is -0.488. The van der Waals surface area contributed by atoms with Crippen LogP contribution in [0.5, 0.6) is 0 Å². The zero-order valence-electron chi connectivity index (χ0n) is 12.8. The van der Waals surface area contributed by atoms with Gasteiger partial charge in [-0.2, -0.15) is 0 Å². The maximum Gasteiger partial charge on any atom is 0.332 e. The van der Waals surface area contributed by atoms with Crippen LogP contribution < -0.4 is 0 Å². The Hall–Kier alpha value is -1.14.